The molecular weight excluding hydrogens is 284 g/mol. The lowest BCUT2D eigenvalue weighted by Crippen LogP contribution is -2.31. The van der Waals surface area contributed by atoms with Crippen LogP contribution in [0.2, 0.25) is 0 Å². The zero-order chi connectivity index (χ0) is 17.0. The van der Waals surface area contributed by atoms with Crippen LogP contribution in [-0.2, 0) is 4.79 Å². The van der Waals surface area contributed by atoms with Gasteiger partial charge in [0.15, 0.2) is 0 Å². The number of rotatable bonds is 5. The van der Waals surface area contributed by atoms with E-state index in [1.54, 1.807) is 0 Å². The molecule has 0 spiro atoms. The summed E-state index contributed by atoms with van der Waals surface area (Å²) in [5.74, 6) is -0.00197. The summed E-state index contributed by atoms with van der Waals surface area (Å²) in [6.45, 7) is 8.15. The summed E-state index contributed by atoms with van der Waals surface area (Å²) in [4.78, 5) is 12.7. The Morgan fingerprint density at radius 3 is 2.26 bits per heavy atom. The largest absolute Gasteiger partial charge is 0.325 e. The summed E-state index contributed by atoms with van der Waals surface area (Å²) < 4.78 is 0. The Morgan fingerprint density at radius 1 is 1.00 bits per heavy atom. The molecule has 3 N–H and O–H groups in total. The van der Waals surface area contributed by atoms with Gasteiger partial charge in [0.1, 0.15) is 0 Å². The van der Waals surface area contributed by atoms with Crippen molar-refractivity contribution in [3.63, 3.8) is 0 Å². The first-order chi connectivity index (χ1) is 10.9. The Kier molecular flexibility index (Phi) is 5.56. The predicted octanol–water partition coefficient (Wildman–Crippen LogP) is 4.39. The van der Waals surface area contributed by atoms with Crippen molar-refractivity contribution in [1.29, 1.82) is 0 Å². The zero-order valence-electron chi connectivity index (χ0n) is 14.3. The maximum atomic E-state index is 12.7. The van der Waals surface area contributed by atoms with Crippen LogP contribution in [0.3, 0.4) is 0 Å². The Hall–Kier alpha value is -2.13. The molecule has 0 aliphatic carbocycles. The maximum Gasteiger partial charge on any atom is 0.229 e. The molecule has 23 heavy (non-hydrogen) atoms. The molecule has 0 heterocycles. The molecule has 122 valence electrons. The number of benzene rings is 2. The molecule has 0 aliphatic rings. The van der Waals surface area contributed by atoms with Gasteiger partial charge >= 0.3 is 0 Å². The van der Waals surface area contributed by atoms with E-state index in [0.717, 1.165) is 22.4 Å². The van der Waals surface area contributed by atoms with Crippen LogP contribution in [0.1, 0.15) is 49.4 Å². The lowest BCUT2D eigenvalue weighted by molar-refractivity contribution is -0.120. The van der Waals surface area contributed by atoms with E-state index in [-0.39, 0.29) is 17.9 Å². The first-order valence-corrected chi connectivity index (χ1v) is 8.12. The number of nitrogens with one attached hydrogen (secondary N) is 1. The molecule has 2 aromatic carbocycles. The minimum absolute atomic E-state index is 0.0439. The van der Waals surface area contributed by atoms with Gasteiger partial charge in [0.25, 0.3) is 0 Å². The van der Waals surface area contributed by atoms with Gasteiger partial charge in [0, 0.05) is 11.7 Å². The van der Waals surface area contributed by atoms with Gasteiger partial charge in [-0.1, -0.05) is 69.3 Å². The minimum Gasteiger partial charge on any atom is -0.325 e. The van der Waals surface area contributed by atoms with Gasteiger partial charge in [-0.2, -0.15) is 0 Å². The third kappa shape index (κ3) is 3.99. The van der Waals surface area contributed by atoms with Crippen molar-refractivity contribution < 1.29 is 4.79 Å². The fourth-order valence-corrected chi connectivity index (χ4v) is 2.71. The first kappa shape index (κ1) is 17.2. The van der Waals surface area contributed by atoms with Crippen LogP contribution < -0.4 is 11.1 Å². The highest BCUT2D eigenvalue weighted by atomic mass is 16.1. The van der Waals surface area contributed by atoms with E-state index in [9.17, 15) is 4.79 Å². The van der Waals surface area contributed by atoms with Gasteiger partial charge in [-0.05, 0) is 29.5 Å². The summed E-state index contributed by atoms with van der Waals surface area (Å²) in [7, 11) is 0. The number of nitrogens with two attached hydrogens (primary N) is 1. The lowest BCUT2D eigenvalue weighted by atomic mass is 9.93. The third-order valence-corrected chi connectivity index (χ3v) is 4.31. The summed E-state index contributed by atoms with van der Waals surface area (Å²) in [6.07, 6.45) is 0. The molecule has 2 unspecified atom stereocenters. The molecule has 0 radical (unpaired) electrons. The summed E-state index contributed by atoms with van der Waals surface area (Å²) >= 11 is 0. The van der Waals surface area contributed by atoms with Gasteiger partial charge in [-0.3, -0.25) is 4.79 Å². The van der Waals surface area contributed by atoms with E-state index in [1.165, 1.54) is 0 Å². The number of aryl methyl sites for hydroxylation is 1. The van der Waals surface area contributed by atoms with Crippen LogP contribution in [-0.4, -0.2) is 5.91 Å². The quantitative estimate of drug-likeness (QED) is 0.860. The summed E-state index contributed by atoms with van der Waals surface area (Å²) in [5.41, 5.74) is 10.4. The number of para-hydroxylation sites is 1. The average molecular weight is 310 g/mol. The summed E-state index contributed by atoms with van der Waals surface area (Å²) in [5, 5.41) is 3.09. The van der Waals surface area contributed by atoms with E-state index >= 15 is 0 Å². The van der Waals surface area contributed by atoms with E-state index in [2.05, 4.69) is 25.2 Å². The van der Waals surface area contributed by atoms with Crippen molar-refractivity contribution in [3.05, 3.63) is 65.2 Å². The van der Waals surface area contributed by atoms with Crippen LogP contribution in [0.25, 0.3) is 0 Å². The lowest BCUT2D eigenvalue weighted by Gasteiger charge is -2.22. The number of amides is 1. The van der Waals surface area contributed by atoms with Crippen molar-refractivity contribution >= 4 is 11.6 Å². The molecule has 3 heteroatoms. The highest BCUT2D eigenvalue weighted by Crippen LogP contribution is 2.29. The zero-order valence-corrected chi connectivity index (χ0v) is 14.3. The van der Waals surface area contributed by atoms with Crippen LogP contribution in [0.5, 0.6) is 0 Å². The molecular formula is C20H26N2O. The van der Waals surface area contributed by atoms with Gasteiger partial charge in [0.2, 0.25) is 5.91 Å². The van der Waals surface area contributed by atoms with Crippen LogP contribution in [0, 0.1) is 12.8 Å². The molecule has 0 bridgehead atoms. The number of hydrogen-bond acceptors (Lipinski definition) is 2. The maximum absolute atomic E-state index is 12.7. The Morgan fingerprint density at radius 2 is 1.65 bits per heavy atom. The summed E-state index contributed by atoms with van der Waals surface area (Å²) in [6, 6.07) is 15.5. The second-order valence-electron chi connectivity index (χ2n) is 6.41. The van der Waals surface area contributed by atoms with Crippen molar-refractivity contribution in [1.82, 2.24) is 0 Å². The highest BCUT2D eigenvalue weighted by Gasteiger charge is 2.23. The predicted molar refractivity (Wildman–Crippen MR) is 96.4 cm³/mol. The molecule has 0 saturated heterocycles. The van der Waals surface area contributed by atoms with Gasteiger partial charge < -0.3 is 11.1 Å². The number of carbonyl (C=O) groups is 1. The number of carbonyl (C=O) groups excluding carboxylic acids is 1. The van der Waals surface area contributed by atoms with Crippen molar-refractivity contribution in [3.8, 4) is 0 Å². The van der Waals surface area contributed by atoms with Crippen LogP contribution >= 0.6 is 0 Å². The fourth-order valence-electron chi connectivity index (χ4n) is 2.71. The van der Waals surface area contributed by atoms with Crippen molar-refractivity contribution in [2.24, 2.45) is 11.7 Å². The molecule has 2 aromatic rings. The van der Waals surface area contributed by atoms with Crippen LogP contribution in [0.4, 0.5) is 5.69 Å². The van der Waals surface area contributed by atoms with E-state index in [0.29, 0.717) is 5.92 Å². The molecule has 0 aliphatic heterocycles. The number of anilines is 1. The molecule has 0 saturated carbocycles. The second kappa shape index (κ2) is 7.42. The molecule has 2 atom stereocenters. The van der Waals surface area contributed by atoms with E-state index in [4.69, 9.17) is 5.73 Å². The fraction of sp³-hybridized carbons (Fsp3) is 0.350. The van der Waals surface area contributed by atoms with Crippen molar-refractivity contribution in [2.45, 2.75) is 39.7 Å². The SMILES string of the molecule is Cc1cccc(C(C)C)c1NC(=O)C(C)C(N)c1ccccc1. The molecule has 3 nitrogen and oxygen atoms in total. The monoisotopic (exact) mass is 310 g/mol. The Balaban J connectivity index is 2.19. The average Bonchev–Trinajstić information content (AvgIpc) is 2.55. The first-order valence-electron chi connectivity index (χ1n) is 8.12. The standard InChI is InChI=1S/C20H26N2O/c1-13(2)17-12-8-9-14(3)19(17)22-20(23)15(4)18(21)16-10-6-5-7-11-16/h5-13,15,18H,21H2,1-4H3,(H,22,23). The normalized spacial score (nSPS) is 13.7. The van der Waals surface area contributed by atoms with Gasteiger partial charge in [-0.15, -0.1) is 0 Å². The van der Waals surface area contributed by atoms with Gasteiger partial charge in [0.05, 0.1) is 5.92 Å². The third-order valence-electron chi connectivity index (χ3n) is 4.31. The minimum atomic E-state index is -0.317. The van der Waals surface area contributed by atoms with E-state index in [1.807, 2.05) is 56.3 Å². The number of hydrogen-bond donors (Lipinski definition) is 2. The molecule has 1 amide bonds. The molecule has 0 fully saturated rings. The Bertz CT molecular complexity index is 665. The van der Waals surface area contributed by atoms with Gasteiger partial charge in [-0.25, -0.2) is 0 Å². The Labute approximate surface area is 138 Å². The topological polar surface area (TPSA) is 55.1 Å². The smallest absolute Gasteiger partial charge is 0.229 e. The van der Waals surface area contributed by atoms with Crippen molar-refractivity contribution in [2.75, 3.05) is 5.32 Å². The molecule has 2 rings (SSSR count). The molecule has 0 aromatic heterocycles. The highest BCUT2D eigenvalue weighted by molar-refractivity contribution is 5.94. The van der Waals surface area contributed by atoms with Crippen LogP contribution in [0.15, 0.2) is 48.5 Å². The second-order valence-corrected chi connectivity index (χ2v) is 6.41. The van der Waals surface area contributed by atoms with E-state index < -0.39 is 0 Å².